The van der Waals surface area contributed by atoms with Gasteiger partial charge in [-0.05, 0) is 30.3 Å². The number of hydrogen-bond acceptors (Lipinski definition) is 5. The Morgan fingerprint density at radius 1 is 1.21 bits per heavy atom. The summed E-state index contributed by atoms with van der Waals surface area (Å²) in [5.74, 6) is -1.44. The van der Waals surface area contributed by atoms with E-state index in [1.807, 2.05) is 0 Å². The number of ether oxygens (including phenoxy) is 1. The SMILES string of the molecule is O=C(COc1ccc([N+](=O)[O-])cc1)Nc1ccc(Cl)c(C(=O)O)c1. The van der Waals surface area contributed by atoms with E-state index in [0.29, 0.717) is 0 Å². The second-order valence-corrected chi connectivity index (χ2v) is 4.99. The molecule has 0 aromatic heterocycles. The molecule has 0 bridgehead atoms. The van der Waals surface area contributed by atoms with Gasteiger partial charge in [0.25, 0.3) is 11.6 Å². The van der Waals surface area contributed by atoms with Gasteiger partial charge in [0.2, 0.25) is 0 Å². The number of aromatic carboxylic acids is 1. The zero-order valence-electron chi connectivity index (χ0n) is 12.1. The van der Waals surface area contributed by atoms with E-state index in [9.17, 15) is 19.7 Å². The van der Waals surface area contributed by atoms with Crippen LogP contribution in [-0.2, 0) is 4.79 Å². The Bertz CT molecular complexity index is 791. The minimum absolute atomic E-state index is 0.0580. The third-order valence-electron chi connectivity index (χ3n) is 2.90. The number of carbonyl (C=O) groups excluding carboxylic acids is 1. The second kappa shape index (κ2) is 7.42. The molecule has 0 atom stereocenters. The van der Waals surface area contributed by atoms with Crippen LogP contribution in [0.4, 0.5) is 11.4 Å². The molecule has 0 aliphatic rings. The zero-order valence-corrected chi connectivity index (χ0v) is 12.8. The normalized spacial score (nSPS) is 10.0. The number of nitrogens with one attached hydrogen (secondary N) is 1. The number of nitrogens with zero attached hydrogens (tertiary/aromatic N) is 1. The highest BCUT2D eigenvalue weighted by Gasteiger charge is 2.11. The summed E-state index contributed by atoms with van der Waals surface area (Å²) >= 11 is 5.74. The monoisotopic (exact) mass is 350 g/mol. The molecule has 0 saturated heterocycles. The molecular weight excluding hydrogens is 340 g/mol. The van der Waals surface area contributed by atoms with Crippen molar-refractivity contribution in [2.75, 3.05) is 11.9 Å². The molecule has 0 radical (unpaired) electrons. The number of halogens is 1. The molecule has 124 valence electrons. The van der Waals surface area contributed by atoms with Gasteiger partial charge in [-0.15, -0.1) is 0 Å². The first-order valence-corrected chi connectivity index (χ1v) is 6.94. The fraction of sp³-hybridized carbons (Fsp3) is 0.0667. The van der Waals surface area contributed by atoms with Crippen molar-refractivity contribution >= 4 is 34.9 Å². The van der Waals surface area contributed by atoms with Crippen LogP contribution < -0.4 is 10.1 Å². The number of rotatable bonds is 6. The lowest BCUT2D eigenvalue weighted by molar-refractivity contribution is -0.384. The van der Waals surface area contributed by atoms with E-state index in [1.165, 1.54) is 42.5 Å². The Labute approximate surface area is 140 Å². The Hall–Kier alpha value is -3.13. The van der Waals surface area contributed by atoms with Crippen LogP contribution in [0.3, 0.4) is 0 Å². The summed E-state index contributed by atoms with van der Waals surface area (Å²) in [6.07, 6.45) is 0. The maximum absolute atomic E-state index is 11.8. The van der Waals surface area contributed by atoms with Gasteiger partial charge in [-0.25, -0.2) is 4.79 Å². The average molecular weight is 351 g/mol. The van der Waals surface area contributed by atoms with Crippen molar-refractivity contribution in [1.29, 1.82) is 0 Å². The van der Waals surface area contributed by atoms with Crippen LogP contribution in [-0.4, -0.2) is 28.5 Å². The summed E-state index contributed by atoms with van der Waals surface area (Å²) in [5, 5.41) is 22.0. The van der Waals surface area contributed by atoms with E-state index in [4.69, 9.17) is 21.4 Å². The predicted octanol–water partition coefficient (Wildman–Crippen LogP) is 2.96. The van der Waals surface area contributed by atoms with Gasteiger partial charge in [-0.2, -0.15) is 0 Å². The highest BCUT2D eigenvalue weighted by atomic mass is 35.5. The van der Waals surface area contributed by atoms with Crippen LogP contribution in [0, 0.1) is 10.1 Å². The fourth-order valence-corrected chi connectivity index (χ4v) is 1.98. The van der Waals surface area contributed by atoms with Crippen molar-refractivity contribution in [2.24, 2.45) is 0 Å². The molecule has 9 heteroatoms. The Morgan fingerprint density at radius 2 is 1.88 bits per heavy atom. The number of nitro groups is 1. The number of amides is 1. The van der Waals surface area contributed by atoms with Crippen molar-refractivity contribution in [2.45, 2.75) is 0 Å². The number of nitro benzene ring substituents is 1. The highest BCUT2D eigenvalue weighted by molar-refractivity contribution is 6.33. The molecule has 24 heavy (non-hydrogen) atoms. The molecule has 0 aliphatic carbocycles. The largest absolute Gasteiger partial charge is 0.484 e. The first-order chi connectivity index (χ1) is 11.4. The van der Waals surface area contributed by atoms with E-state index in [-0.39, 0.29) is 34.3 Å². The first kappa shape index (κ1) is 17.2. The number of hydrogen-bond donors (Lipinski definition) is 2. The quantitative estimate of drug-likeness (QED) is 0.610. The van der Waals surface area contributed by atoms with Gasteiger partial charge in [0.05, 0.1) is 15.5 Å². The summed E-state index contributed by atoms with van der Waals surface area (Å²) < 4.78 is 5.20. The summed E-state index contributed by atoms with van der Waals surface area (Å²) in [7, 11) is 0. The van der Waals surface area contributed by atoms with Gasteiger partial charge in [0.1, 0.15) is 5.75 Å². The molecule has 0 aliphatic heterocycles. The summed E-state index contributed by atoms with van der Waals surface area (Å²) in [4.78, 5) is 32.8. The zero-order chi connectivity index (χ0) is 17.7. The van der Waals surface area contributed by atoms with Gasteiger partial charge in [0.15, 0.2) is 6.61 Å². The molecular formula is C15H11ClN2O6. The van der Waals surface area contributed by atoms with Gasteiger partial charge < -0.3 is 15.2 Å². The van der Waals surface area contributed by atoms with Crippen molar-refractivity contribution in [3.05, 3.63) is 63.2 Å². The molecule has 0 spiro atoms. The minimum Gasteiger partial charge on any atom is -0.484 e. The number of carboxylic acid groups (broad SMARTS) is 1. The lowest BCUT2D eigenvalue weighted by Gasteiger charge is -2.08. The lowest BCUT2D eigenvalue weighted by Crippen LogP contribution is -2.20. The smallest absolute Gasteiger partial charge is 0.337 e. The van der Waals surface area contributed by atoms with Crippen LogP contribution in [0.15, 0.2) is 42.5 Å². The molecule has 0 fully saturated rings. The molecule has 1 amide bonds. The molecule has 8 nitrogen and oxygen atoms in total. The summed E-state index contributed by atoms with van der Waals surface area (Å²) in [6, 6.07) is 9.30. The lowest BCUT2D eigenvalue weighted by atomic mass is 10.2. The third kappa shape index (κ3) is 4.43. The van der Waals surface area contributed by atoms with Crippen LogP contribution in [0.2, 0.25) is 5.02 Å². The van der Waals surface area contributed by atoms with Crippen molar-refractivity contribution in [3.63, 3.8) is 0 Å². The van der Waals surface area contributed by atoms with Crippen LogP contribution in [0.1, 0.15) is 10.4 Å². The minimum atomic E-state index is -1.21. The summed E-state index contributed by atoms with van der Waals surface area (Å²) in [5.41, 5.74) is 0.0361. The molecule has 2 aromatic rings. The van der Waals surface area contributed by atoms with E-state index in [1.54, 1.807) is 0 Å². The van der Waals surface area contributed by atoms with Gasteiger partial charge in [-0.1, -0.05) is 11.6 Å². The number of carbonyl (C=O) groups is 2. The molecule has 0 unspecified atom stereocenters. The molecule has 0 heterocycles. The van der Waals surface area contributed by atoms with E-state index < -0.39 is 16.8 Å². The Morgan fingerprint density at radius 3 is 2.46 bits per heavy atom. The van der Waals surface area contributed by atoms with Crippen LogP contribution in [0.25, 0.3) is 0 Å². The standard InChI is InChI=1S/C15H11ClN2O6/c16-13-6-1-9(7-12(13)15(20)21)17-14(19)8-24-11-4-2-10(3-5-11)18(22)23/h1-7H,8H2,(H,17,19)(H,20,21). The number of anilines is 1. The first-order valence-electron chi connectivity index (χ1n) is 6.57. The maximum Gasteiger partial charge on any atom is 0.337 e. The van der Waals surface area contributed by atoms with Crippen LogP contribution >= 0.6 is 11.6 Å². The third-order valence-corrected chi connectivity index (χ3v) is 3.23. The maximum atomic E-state index is 11.8. The highest BCUT2D eigenvalue weighted by Crippen LogP contribution is 2.21. The Balaban J connectivity index is 1.95. The molecule has 0 saturated carbocycles. The van der Waals surface area contributed by atoms with Gasteiger partial charge in [0, 0.05) is 17.8 Å². The molecule has 2 aromatic carbocycles. The number of carboxylic acids is 1. The van der Waals surface area contributed by atoms with Gasteiger partial charge >= 0.3 is 5.97 Å². The van der Waals surface area contributed by atoms with E-state index >= 15 is 0 Å². The van der Waals surface area contributed by atoms with E-state index in [0.717, 1.165) is 0 Å². The van der Waals surface area contributed by atoms with Crippen LogP contribution in [0.5, 0.6) is 5.75 Å². The summed E-state index contributed by atoms with van der Waals surface area (Å²) in [6.45, 7) is -0.344. The topological polar surface area (TPSA) is 119 Å². The van der Waals surface area contributed by atoms with Crippen molar-refractivity contribution in [3.8, 4) is 5.75 Å². The van der Waals surface area contributed by atoms with Gasteiger partial charge in [-0.3, -0.25) is 14.9 Å². The second-order valence-electron chi connectivity index (χ2n) is 4.59. The van der Waals surface area contributed by atoms with Crippen molar-refractivity contribution in [1.82, 2.24) is 0 Å². The molecule has 2 N–H and O–H groups in total. The molecule has 2 rings (SSSR count). The van der Waals surface area contributed by atoms with Crippen molar-refractivity contribution < 1.29 is 24.4 Å². The number of non-ortho nitro benzene ring substituents is 1. The Kier molecular flexibility index (Phi) is 5.33. The van der Waals surface area contributed by atoms with E-state index in [2.05, 4.69) is 5.32 Å². The number of benzene rings is 2. The predicted molar refractivity (Wildman–Crippen MR) is 85.6 cm³/mol. The fourth-order valence-electron chi connectivity index (χ4n) is 1.78. The average Bonchev–Trinajstić information content (AvgIpc) is 2.55.